The van der Waals surface area contributed by atoms with Crippen molar-refractivity contribution in [2.24, 2.45) is 0 Å². The zero-order chi connectivity index (χ0) is 11.1. The van der Waals surface area contributed by atoms with Gasteiger partial charge in [0, 0.05) is 29.2 Å². The largest absolute Gasteiger partial charge is 0.395 e. The van der Waals surface area contributed by atoms with Crippen molar-refractivity contribution in [2.75, 3.05) is 13.7 Å². The third-order valence-corrected chi connectivity index (χ3v) is 3.58. The summed E-state index contributed by atoms with van der Waals surface area (Å²) in [4.78, 5) is 5.67. The van der Waals surface area contributed by atoms with Gasteiger partial charge in [-0.05, 0) is 25.1 Å². The topological polar surface area (TPSA) is 39.3 Å². The molecule has 3 heteroatoms. The Morgan fingerprint density at radius 2 is 2.25 bits per heavy atom. The van der Waals surface area contributed by atoms with Crippen LogP contribution in [0.3, 0.4) is 0 Å². The van der Waals surface area contributed by atoms with E-state index in [4.69, 9.17) is 0 Å². The maximum atomic E-state index is 9.34. The second kappa shape index (κ2) is 3.61. The van der Waals surface area contributed by atoms with Crippen LogP contribution in [0.25, 0.3) is 10.9 Å². The molecule has 2 heterocycles. The van der Waals surface area contributed by atoms with Crippen LogP contribution in [0, 0.1) is 0 Å². The van der Waals surface area contributed by atoms with Gasteiger partial charge in [0.1, 0.15) is 0 Å². The first-order valence-corrected chi connectivity index (χ1v) is 5.69. The third-order valence-electron chi connectivity index (χ3n) is 3.58. The standard InChI is InChI=1S/C13H16N2O/c1-15-7-13-11(6-9(15)8-16)10-4-2-3-5-12(10)14-13/h2-5,9,14,16H,6-8H2,1H3. The molecule has 1 aromatic heterocycles. The molecule has 0 spiro atoms. The molecular formula is C13H16N2O. The number of aliphatic hydroxyl groups is 1. The molecular weight excluding hydrogens is 200 g/mol. The van der Waals surface area contributed by atoms with Gasteiger partial charge in [0.2, 0.25) is 0 Å². The van der Waals surface area contributed by atoms with Crippen molar-refractivity contribution in [3.05, 3.63) is 35.5 Å². The molecule has 0 fully saturated rings. The molecule has 1 aliphatic rings. The van der Waals surface area contributed by atoms with E-state index in [2.05, 4.69) is 41.2 Å². The van der Waals surface area contributed by atoms with E-state index in [9.17, 15) is 5.11 Å². The summed E-state index contributed by atoms with van der Waals surface area (Å²) >= 11 is 0. The molecule has 0 saturated carbocycles. The van der Waals surface area contributed by atoms with Gasteiger partial charge >= 0.3 is 0 Å². The van der Waals surface area contributed by atoms with E-state index in [-0.39, 0.29) is 12.6 Å². The monoisotopic (exact) mass is 216 g/mol. The van der Waals surface area contributed by atoms with E-state index >= 15 is 0 Å². The molecule has 0 amide bonds. The number of rotatable bonds is 1. The third kappa shape index (κ3) is 1.36. The van der Waals surface area contributed by atoms with Gasteiger partial charge in [-0.25, -0.2) is 0 Å². The highest BCUT2D eigenvalue weighted by molar-refractivity contribution is 5.84. The van der Waals surface area contributed by atoms with Crippen molar-refractivity contribution in [2.45, 2.75) is 19.0 Å². The van der Waals surface area contributed by atoms with E-state index in [0.29, 0.717) is 0 Å². The van der Waals surface area contributed by atoms with Gasteiger partial charge in [-0.15, -0.1) is 0 Å². The Morgan fingerprint density at radius 1 is 1.44 bits per heavy atom. The molecule has 1 atom stereocenters. The van der Waals surface area contributed by atoms with Crippen molar-refractivity contribution >= 4 is 10.9 Å². The fraction of sp³-hybridized carbons (Fsp3) is 0.385. The maximum absolute atomic E-state index is 9.34. The highest BCUT2D eigenvalue weighted by Gasteiger charge is 2.25. The minimum atomic E-state index is 0.232. The minimum absolute atomic E-state index is 0.232. The van der Waals surface area contributed by atoms with Crippen molar-refractivity contribution in [3.8, 4) is 0 Å². The molecule has 16 heavy (non-hydrogen) atoms. The van der Waals surface area contributed by atoms with E-state index in [0.717, 1.165) is 13.0 Å². The van der Waals surface area contributed by atoms with E-state index < -0.39 is 0 Å². The fourth-order valence-corrected chi connectivity index (χ4v) is 2.60. The van der Waals surface area contributed by atoms with Crippen LogP contribution in [0.15, 0.2) is 24.3 Å². The molecule has 0 saturated heterocycles. The first-order valence-electron chi connectivity index (χ1n) is 5.69. The molecule has 3 rings (SSSR count). The lowest BCUT2D eigenvalue weighted by molar-refractivity contribution is 0.131. The quantitative estimate of drug-likeness (QED) is 0.758. The molecule has 0 aliphatic carbocycles. The van der Waals surface area contributed by atoms with Gasteiger partial charge in [-0.3, -0.25) is 4.90 Å². The number of aromatic amines is 1. The normalized spacial score (nSPS) is 21.2. The Hall–Kier alpha value is -1.32. The zero-order valence-corrected chi connectivity index (χ0v) is 9.40. The van der Waals surface area contributed by atoms with Crippen LogP contribution in [0.1, 0.15) is 11.3 Å². The maximum Gasteiger partial charge on any atom is 0.0590 e. The number of para-hydroxylation sites is 1. The van der Waals surface area contributed by atoms with Crippen LogP contribution in [0.2, 0.25) is 0 Å². The van der Waals surface area contributed by atoms with E-state index in [1.165, 1.54) is 22.2 Å². The number of aliphatic hydroxyl groups excluding tert-OH is 1. The summed E-state index contributed by atoms with van der Waals surface area (Å²) in [6.45, 7) is 1.13. The van der Waals surface area contributed by atoms with Crippen LogP contribution in [0.4, 0.5) is 0 Å². The molecule has 1 unspecified atom stereocenters. The lowest BCUT2D eigenvalue weighted by Crippen LogP contribution is -2.39. The average molecular weight is 216 g/mol. The predicted molar refractivity (Wildman–Crippen MR) is 64.3 cm³/mol. The van der Waals surface area contributed by atoms with Crippen LogP contribution in [-0.2, 0) is 13.0 Å². The van der Waals surface area contributed by atoms with Gasteiger partial charge in [-0.1, -0.05) is 18.2 Å². The number of hydrogen-bond donors (Lipinski definition) is 2. The summed E-state index contributed by atoms with van der Waals surface area (Å²) < 4.78 is 0. The first kappa shape index (κ1) is 9.87. The van der Waals surface area contributed by atoms with Crippen molar-refractivity contribution in [1.29, 1.82) is 0 Å². The van der Waals surface area contributed by atoms with Gasteiger partial charge in [0.15, 0.2) is 0 Å². The van der Waals surface area contributed by atoms with Gasteiger partial charge in [-0.2, -0.15) is 0 Å². The lowest BCUT2D eigenvalue weighted by atomic mass is 9.98. The summed E-state index contributed by atoms with van der Waals surface area (Å²) in [7, 11) is 2.06. The summed E-state index contributed by atoms with van der Waals surface area (Å²) in [6.07, 6.45) is 0.937. The van der Waals surface area contributed by atoms with Crippen molar-refractivity contribution < 1.29 is 5.11 Å². The lowest BCUT2D eigenvalue weighted by Gasteiger charge is -2.31. The van der Waals surface area contributed by atoms with Crippen LogP contribution >= 0.6 is 0 Å². The Labute approximate surface area is 94.7 Å². The summed E-state index contributed by atoms with van der Waals surface area (Å²) in [5.41, 5.74) is 3.89. The Balaban J connectivity index is 2.13. The molecule has 2 aromatic rings. The summed E-state index contributed by atoms with van der Waals surface area (Å²) in [6, 6.07) is 8.65. The number of fused-ring (bicyclic) bond motifs is 3. The number of H-pyrrole nitrogens is 1. The molecule has 1 aromatic carbocycles. The van der Waals surface area contributed by atoms with Gasteiger partial charge in [0.05, 0.1) is 6.61 Å². The summed E-state index contributed by atoms with van der Waals surface area (Å²) in [5, 5.41) is 10.7. The SMILES string of the molecule is CN1Cc2[nH]c3ccccc3c2CC1CO. The first-order chi connectivity index (χ1) is 7.79. The Kier molecular flexibility index (Phi) is 2.23. The fourth-order valence-electron chi connectivity index (χ4n) is 2.60. The number of hydrogen-bond acceptors (Lipinski definition) is 2. The van der Waals surface area contributed by atoms with E-state index in [1.807, 2.05) is 0 Å². The van der Waals surface area contributed by atoms with Crippen molar-refractivity contribution in [1.82, 2.24) is 9.88 Å². The minimum Gasteiger partial charge on any atom is -0.395 e. The molecule has 0 radical (unpaired) electrons. The Morgan fingerprint density at radius 3 is 3.06 bits per heavy atom. The number of nitrogens with zero attached hydrogens (tertiary/aromatic N) is 1. The van der Waals surface area contributed by atoms with Crippen molar-refractivity contribution in [3.63, 3.8) is 0 Å². The molecule has 0 bridgehead atoms. The van der Waals surface area contributed by atoms with Crippen LogP contribution in [-0.4, -0.2) is 34.7 Å². The Bertz CT molecular complexity index is 518. The average Bonchev–Trinajstić information content (AvgIpc) is 2.65. The van der Waals surface area contributed by atoms with Gasteiger partial charge < -0.3 is 10.1 Å². The number of aromatic nitrogens is 1. The predicted octanol–water partition coefficient (Wildman–Crippen LogP) is 1.52. The molecule has 84 valence electrons. The smallest absolute Gasteiger partial charge is 0.0590 e. The highest BCUT2D eigenvalue weighted by atomic mass is 16.3. The zero-order valence-electron chi connectivity index (χ0n) is 9.40. The van der Waals surface area contributed by atoms with Crippen LogP contribution < -0.4 is 0 Å². The van der Waals surface area contributed by atoms with Gasteiger partial charge in [0.25, 0.3) is 0 Å². The number of benzene rings is 1. The summed E-state index contributed by atoms with van der Waals surface area (Å²) in [5.74, 6) is 0. The molecule has 3 nitrogen and oxygen atoms in total. The molecule has 1 aliphatic heterocycles. The second-order valence-corrected chi connectivity index (χ2v) is 4.58. The highest BCUT2D eigenvalue weighted by Crippen LogP contribution is 2.29. The second-order valence-electron chi connectivity index (χ2n) is 4.58. The molecule has 2 N–H and O–H groups in total. The van der Waals surface area contributed by atoms with E-state index in [1.54, 1.807) is 0 Å². The number of likely N-dealkylation sites (N-methyl/N-ethyl adjacent to an activating group) is 1. The van der Waals surface area contributed by atoms with Crippen LogP contribution in [0.5, 0.6) is 0 Å². The number of nitrogens with one attached hydrogen (secondary N) is 1.